The molecule has 0 bridgehead atoms. The third kappa shape index (κ3) is 5.74. The van der Waals surface area contributed by atoms with Crippen molar-refractivity contribution in [1.82, 2.24) is 9.97 Å². The van der Waals surface area contributed by atoms with E-state index in [1.165, 1.54) is 0 Å². The topological polar surface area (TPSA) is 93.0 Å². The molecule has 7 nitrogen and oxygen atoms in total. The second-order valence-corrected chi connectivity index (χ2v) is 5.58. The molecule has 0 fully saturated rings. The summed E-state index contributed by atoms with van der Waals surface area (Å²) in [5.74, 6) is 1.87. The van der Waals surface area contributed by atoms with Gasteiger partial charge in [0.25, 0.3) is 0 Å². The summed E-state index contributed by atoms with van der Waals surface area (Å²) >= 11 is 1.83. The van der Waals surface area contributed by atoms with Gasteiger partial charge < -0.3 is 10.6 Å². The lowest BCUT2D eigenvalue weighted by molar-refractivity contribution is -0.385. The Kier molecular flexibility index (Phi) is 7.81. The second kappa shape index (κ2) is 9.38. The zero-order chi connectivity index (χ0) is 15.7. The summed E-state index contributed by atoms with van der Waals surface area (Å²) in [4.78, 5) is 19.0. The number of hydrogen-bond donors (Lipinski definition) is 2. The lowest BCUT2D eigenvalue weighted by Gasteiger charge is -2.10. The number of nitro groups is 1. The van der Waals surface area contributed by atoms with Crippen molar-refractivity contribution in [2.24, 2.45) is 0 Å². The van der Waals surface area contributed by atoms with E-state index in [0.717, 1.165) is 25.0 Å². The molecule has 1 aromatic rings. The van der Waals surface area contributed by atoms with Crippen LogP contribution in [0.5, 0.6) is 0 Å². The molecule has 0 amide bonds. The normalized spacial score (nSPS) is 10.4. The SMILES string of the molecule is CCNc1nc(C)c([N+](=O)[O-])c(NCCCCCSC)n1. The molecule has 0 saturated carbocycles. The van der Waals surface area contributed by atoms with Crippen LogP contribution >= 0.6 is 11.8 Å². The van der Waals surface area contributed by atoms with E-state index in [1.807, 2.05) is 18.7 Å². The van der Waals surface area contributed by atoms with Gasteiger partial charge >= 0.3 is 5.69 Å². The molecule has 118 valence electrons. The number of rotatable bonds is 10. The molecule has 1 heterocycles. The van der Waals surface area contributed by atoms with Gasteiger partial charge in [0.05, 0.1) is 4.92 Å². The Morgan fingerprint density at radius 2 is 2.00 bits per heavy atom. The highest BCUT2D eigenvalue weighted by atomic mass is 32.2. The molecule has 0 saturated heterocycles. The van der Waals surface area contributed by atoms with E-state index in [-0.39, 0.29) is 5.69 Å². The van der Waals surface area contributed by atoms with Crippen molar-refractivity contribution in [2.45, 2.75) is 33.1 Å². The van der Waals surface area contributed by atoms with Crippen molar-refractivity contribution in [3.8, 4) is 0 Å². The average molecular weight is 313 g/mol. The summed E-state index contributed by atoms with van der Waals surface area (Å²) in [5.41, 5.74) is 0.330. The van der Waals surface area contributed by atoms with Crippen LogP contribution in [0, 0.1) is 17.0 Å². The number of aromatic nitrogens is 2. The first-order valence-corrected chi connectivity index (χ1v) is 8.49. The molecule has 1 rings (SSSR count). The van der Waals surface area contributed by atoms with Gasteiger partial charge in [-0.3, -0.25) is 10.1 Å². The first-order valence-electron chi connectivity index (χ1n) is 7.09. The number of nitrogens with zero attached hydrogens (tertiary/aromatic N) is 3. The van der Waals surface area contributed by atoms with Gasteiger partial charge in [-0.25, -0.2) is 4.98 Å². The number of thioether (sulfide) groups is 1. The summed E-state index contributed by atoms with van der Waals surface area (Å²) < 4.78 is 0. The monoisotopic (exact) mass is 313 g/mol. The zero-order valence-electron chi connectivity index (χ0n) is 12.8. The molecule has 0 aliphatic carbocycles. The Morgan fingerprint density at radius 3 is 2.62 bits per heavy atom. The summed E-state index contributed by atoms with van der Waals surface area (Å²) in [6.07, 6.45) is 5.33. The smallest absolute Gasteiger partial charge is 0.332 e. The van der Waals surface area contributed by atoms with Gasteiger partial charge in [-0.05, 0) is 38.7 Å². The number of unbranched alkanes of at least 4 members (excludes halogenated alkanes) is 2. The zero-order valence-corrected chi connectivity index (χ0v) is 13.6. The summed E-state index contributed by atoms with van der Waals surface area (Å²) in [5, 5.41) is 17.2. The lowest BCUT2D eigenvalue weighted by Crippen LogP contribution is -2.12. The Balaban J connectivity index is 2.71. The van der Waals surface area contributed by atoms with Crippen LogP contribution in [0.3, 0.4) is 0 Å². The predicted octanol–water partition coefficient (Wildman–Crippen LogP) is 3.07. The van der Waals surface area contributed by atoms with E-state index in [0.29, 0.717) is 30.5 Å². The molecular weight excluding hydrogens is 290 g/mol. The number of aryl methyl sites for hydroxylation is 1. The molecule has 0 spiro atoms. The van der Waals surface area contributed by atoms with Gasteiger partial charge in [0, 0.05) is 13.1 Å². The molecule has 0 radical (unpaired) electrons. The minimum absolute atomic E-state index is 0.0410. The highest BCUT2D eigenvalue weighted by Gasteiger charge is 2.21. The molecule has 0 aromatic carbocycles. The van der Waals surface area contributed by atoms with Crippen molar-refractivity contribution in [1.29, 1.82) is 0 Å². The van der Waals surface area contributed by atoms with Crippen LogP contribution < -0.4 is 10.6 Å². The van der Waals surface area contributed by atoms with Crippen molar-refractivity contribution in [2.75, 3.05) is 35.7 Å². The van der Waals surface area contributed by atoms with Crippen LogP contribution in [0.15, 0.2) is 0 Å². The van der Waals surface area contributed by atoms with E-state index in [4.69, 9.17) is 0 Å². The Bertz CT molecular complexity index is 470. The van der Waals surface area contributed by atoms with Crippen molar-refractivity contribution >= 4 is 29.2 Å². The first-order chi connectivity index (χ1) is 10.1. The first kappa shape index (κ1) is 17.5. The molecule has 0 unspecified atom stereocenters. The minimum Gasteiger partial charge on any atom is -0.364 e. The molecule has 0 aliphatic heterocycles. The fraction of sp³-hybridized carbons (Fsp3) is 0.692. The molecule has 1 aromatic heterocycles. The molecule has 0 atom stereocenters. The lowest BCUT2D eigenvalue weighted by atomic mass is 10.2. The number of anilines is 2. The molecule has 8 heteroatoms. The van der Waals surface area contributed by atoms with Crippen LogP contribution in [-0.2, 0) is 0 Å². The van der Waals surface area contributed by atoms with E-state index < -0.39 is 4.92 Å². The fourth-order valence-corrected chi connectivity index (χ4v) is 2.39. The standard InChI is InChI=1S/C13H23N5O2S/c1-4-14-13-16-10(2)11(18(19)20)12(17-13)15-8-6-5-7-9-21-3/h4-9H2,1-3H3,(H2,14,15,16,17). The Labute approximate surface area is 129 Å². The Hall–Kier alpha value is -1.57. The van der Waals surface area contributed by atoms with Gasteiger partial charge in [0.1, 0.15) is 5.69 Å². The molecule has 2 N–H and O–H groups in total. The Morgan fingerprint density at radius 1 is 1.24 bits per heavy atom. The van der Waals surface area contributed by atoms with Gasteiger partial charge in [-0.1, -0.05) is 6.42 Å². The van der Waals surface area contributed by atoms with Crippen LogP contribution in [0.25, 0.3) is 0 Å². The number of hydrogen-bond acceptors (Lipinski definition) is 7. The maximum Gasteiger partial charge on any atom is 0.332 e. The quantitative estimate of drug-likeness (QED) is 0.389. The van der Waals surface area contributed by atoms with Crippen molar-refractivity contribution in [3.05, 3.63) is 15.8 Å². The largest absolute Gasteiger partial charge is 0.364 e. The maximum atomic E-state index is 11.1. The van der Waals surface area contributed by atoms with Crippen LogP contribution in [0.1, 0.15) is 31.9 Å². The molecular formula is C13H23N5O2S. The summed E-state index contributed by atoms with van der Waals surface area (Å²) in [7, 11) is 0. The van der Waals surface area contributed by atoms with E-state index >= 15 is 0 Å². The second-order valence-electron chi connectivity index (χ2n) is 4.60. The van der Waals surface area contributed by atoms with Gasteiger partial charge in [-0.15, -0.1) is 0 Å². The highest BCUT2D eigenvalue weighted by Crippen LogP contribution is 2.26. The highest BCUT2D eigenvalue weighted by molar-refractivity contribution is 7.98. The van der Waals surface area contributed by atoms with Gasteiger partial charge in [-0.2, -0.15) is 16.7 Å². The van der Waals surface area contributed by atoms with Crippen LogP contribution in [0.4, 0.5) is 17.5 Å². The van der Waals surface area contributed by atoms with Crippen molar-refractivity contribution < 1.29 is 4.92 Å². The van der Waals surface area contributed by atoms with E-state index in [2.05, 4.69) is 26.9 Å². The third-order valence-electron chi connectivity index (χ3n) is 2.89. The van der Waals surface area contributed by atoms with Crippen LogP contribution in [0.2, 0.25) is 0 Å². The fourth-order valence-electron chi connectivity index (χ4n) is 1.90. The minimum atomic E-state index is -0.429. The molecule has 0 aliphatic rings. The number of nitrogens with one attached hydrogen (secondary N) is 2. The summed E-state index contributed by atoms with van der Waals surface area (Å²) in [6.45, 7) is 4.91. The third-order valence-corrected chi connectivity index (χ3v) is 3.59. The van der Waals surface area contributed by atoms with Gasteiger partial charge in [0.15, 0.2) is 0 Å². The van der Waals surface area contributed by atoms with E-state index in [1.54, 1.807) is 6.92 Å². The summed E-state index contributed by atoms with van der Waals surface area (Å²) in [6, 6.07) is 0. The van der Waals surface area contributed by atoms with Crippen molar-refractivity contribution in [3.63, 3.8) is 0 Å². The van der Waals surface area contributed by atoms with Gasteiger partial charge in [0.2, 0.25) is 11.8 Å². The van der Waals surface area contributed by atoms with E-state index in [9.17, 15) is 10.1 Å². The average Bonchev–Trinajstić information content (AvgIpc) is 2.42. The predicted molar refractivity (Wildman–Crippen MR) is 88.3 cm³/mol. The molecule has 21 heavy (non-hydrogen) atoms. The maximum absolute atomic E-state index is 11.1. The van der Waals surface area contributed by atoms with Crippen LogP contribution in [-0.4, -0.2) is 40.0 Å².